The van der Waals surface area contributed by atoms with Gasteiger partial charge in [-0.25, -0.2) is 4.79 Å². The number of benzene rings is 1. The maximum atomic E-state index is 11.6. The molecule has 0 unspecified atom stereocenters. The van der Waals surface area contributed by atoms with Gasteiger partial charge in [0.2, 0.25) is 0 Å². The first kappa shape index (κ1) is 23.7. The Labute approximate surface area is 168 Å². The van der Waals surface area contributed by atoms with Crippen LogP contribution in [0.15, 0.2) is 24.8 Å². The van der Waals surface area contributed by atoms with E-state index in [4.69, 9.17) is 9.47 Å². The Morgan fingerprint density at radius 2 is 1.71 bits per heavy atom. The van der Waals surface area contributed by atoms with Gasteiger partial charge in [0, 0.05) is 12.5 Å². The third-order valence-electron chi connectivity index (χ3n) is 4.52. The van der Waals surface area contributed by atoms with Crippen LogP contribution in [0.3, 0.4) is 0 Å². The Kier molecular flexibility index (Phi) is 9.77. The highest BCUT2D eigenvalue weighted by Crippen LogP contribution is 2.34. The number of phenols is 1. The van der Waals surface area contributed by atoms with Crippen molar-refractivity contribution in [2.75, 3.05) is 13.2 Å². The van der Waals surface area contributed by atoms with Gasteiger partial charge in [-0.15, -0.1) is 0 Å². The number of phenolic OH excluding ortho intramolecular Hbond substituents is 1. The molecule has 0 fully saturated rings. The SMILES string of the molecule is C=CC(=O)OCCOC(=O)CCCCCCc1cc(C)c(O)c(C(C)(C)C)c1. The van der Waals surface area contributed by atoms with E-state index in [1.165, 1.54) is 5.56 Å². The van der Waals surface area contributed by atoms with Crippen LogP contribution in [-0.4, -0.2) is 30.3 Å². The molecule has 156 valence electrons. The quantitative estimate of drug-likeness (QED) is 0.335. The molecule has 0 amide bonds. The predicted molar refractivity (Wildman–Crippen MR) is 110 cm³/mol. The number of carbonyl (C=O) groups is 2. The Bertz CT molecular complexity index is 670. The van der Waals surface area contributed by atoms with Crippen molar-refractivity contribution in [3.8, 4) is 5.75 Å². The van der Waals surface area contributed by atoms with E-state index >= 15 is 0 Å². The first-order valence-corrected chi connectivity index (χ1v) is 9.93. The van der Waals surface area contributed by atoms with Gasteiger partial charge in [-0.1, -0.05) is 52.3 Å². The first-order valence-electron chi connectivity index (χ1n) is 9.93. The van der Waals surface area contributed by atoms with Crippen molar-refractivity contribution in [1.82, 2.24) is 0 Å². The van der Waals surface area contributed by atoms with E-state index in [1.54, 1.807) is 0 Å². The molecule has 28 heavy (non-hydrogen) atoms. The fourth-order valence-electron chi connectivity index (χ4n) is 2.95. The zero-order valence-electron chi connectivity index (χ0n) is 17.7. The second kappa shape index (κ2) is 11.5. The summed E-state index contributed by atoms with van der Waals surface area (Å²) in [5.41, 5.74) is 3.07. The lowest BCUT2D eigenvalue weighted by Crippen LogP contribution is -2.12. The summed E-state index contributed by atoms with van der Waals surface area (Å²) in [5, 5.41) is 10.3. The van der Waals surface area contributed by atoms with Crippen molar-refractivity contribution in [3.63, 3.8) is 0 Å². The Balaban J connectivity index is 2.24. The molecule has 0 aliphatic carbocycles. The van der Waals surface area contributed by atoms with Crippen LogP contribution in [0.5, 0.6) is 5.75 Å². The fourth-order valence-corrected chi connectivity index (χ4v) is 2.95. The van der Waals surface area contributed by atoms with Crippen LogP contribution in [0.2, 0.25) is 0 Å². The van der Waals surface area contributed by atoms with E-state index in [-0.39, 0.29) is 24.6 Å². The summed E-state index contributed by atoms with van der Waals surface area (Å²) < 4.78 is 9.74. The van der Waals surface area contributed by atoms with Gasteiger partial charge in [-0.05, 0) is 48.3 Å². The van der Waals surface area contributed by atoms with Crippen LogP contribution >= 0.6 is 0 Å². The average molecular weight is 391 g/mol. The van der Waals surface area contributed by atoms with Crippen LogP contribution in [0.1, 0.15) is 69.6 Å². The monoisotopic (exact) mass is 390 g/mol. The second-order valence-corrected chi connectivity index (χ2v) is 8.07. The van der Waals surface area contributed by atoms with Gasteiger partial charge in [-0.3, -0.25) is 4.79 Å². The van der Waals surface area contributed by atoms with Gasteiger partial charge >= 0.3 is 11.9 Å². The van der Waals surface area contributed by atoms with E-state index in [0.29, 0.717) is 12.2 Å². The number of rotatable bonds is 11. The van der Waals surface area contributed by atoms with Gasteiger partial charge in [0.05, 0.1) is 0 Å². The van der Waals surface area contributed by atoms with Crippen molar-refractivity contribution in [1.29, 1.82) is 0 Å². The van der Waals surface area contributed by atoms with E-state index in [0.717, 1.165) is 49.3 Å². The zero-order valence-corrected chi connectivity index (χ0v) is 17.7. The number of unbranched alkanes of at least 4 members (excludes halogenated alkanes) is 3. The lowest BCUT2D eigenvalue weighted by Gasteiger charge is -2.22. The minimum atomic E-state index is -0.519. The highest BCUT2D eigenvalue weighted by molar-refractivity contribution is 5.81. The molecule has 1 aromatic rings. The number of hydrogen-bond donors (Lipinski definition) is 1. The van der Waals surface area contributed by atoms with Gasteiger partial charge in [0.1, 0.15) is 19.0 Å². The summed E-state index contributed by atoms with van der Waals surface area (Å²) in [6.07, 6.45) is 6.24. The lowest BCUT2D eigenvalue weighted by molar-refractivity contribution is -0.149. The zero-order chi connectivity index (χ0) is 21.2. The first-order chi connectivity index (χ1) is 13.1. The summed E-state index contributed by atoms with van der Waals surface area (Å²) in [5.74, 6) is -0.387. The maximum absolute atomic E-state index is 11.6. The third kappa shape index (κ3) is 8.59. The summed E-state index contributed by atoms with van der Waals surface area (Å²) in [6, 6.07) is 4.17. The molecule has 5 nitrogen and oxygen atoms in total. The normalized spacial score (nSPS) is 11.1. The van der Waals surface area contributed by atoms with Crippen LogP contribution in [0.4, 0.5) is 0 Å². The molecular formula is C23H34O5. The topological polar surface area (TPSA) is 72.8 Å². The number of aromatic hydroxyl groups is 1. The van der Waals surface area contributed by atoms with E-state index < -0.39 is 5.97 Å². The largest absolute Gasteiger partial charge is 0.507 e. The van der Waals surface area contributed by atoms with Crippen LogP contribution in [0.25, 0.3) is 0 Å². The van der Waals surface area contributed by atoms with E-state index in [9.17, 15) is 14.7 Å². The molecule has 0 heterocycles. The number of hydrogen-bond acceptors (Lipinski definition) is 5. The van der Waals surface area contributed by atoms with Crippen molar-refractivity contribution >= 4 is 11.9 Å². The van der Waals surface area contributed by atoms with Gasteiger partial charge in [0.25, 0.3) is 0 Å². The Morgan fingerprint density at radius 3 is 2.36 bits per heavy atom. The highest BCUT2D eigenvalue weighted by atomic mass is 16.6. The minimum Gasteiger partial charge on any atom is -0.507 e. The smallest absolute Gasteiger partial charge is 0.330 e. The van der Waals surface area contributed by atoms with Crippen molar-refractivity contribution in [2.24, 2.45) is 0 Å². The van der Waals surface area contributed by atoms with E-state index in [1.807, 2.05) is 6.92 Å². The summed E-state index contributed by atoms with van der Waals surface area (Å²) >= 11 is 0. The lowest BCUT2D eigenvalue weighted by atomic mass is 9.83. The molecule has 0 spiro atoms. The molecule has 1 N–H and O–H groups in total. The summed E-state index contributed by atoms with van der Waals surface area (Å²) in [4.78, 5) is 22.4. The van der Waals surface area contributed by atoms with Crippen molar-refractivity contribution < 1.29 is 24.2 Å². The highest BCUT2D eigenvalue weighted by Gasteiger charge is 2.20. The molecule has 0 aliphatic heterocycles. The molecule has 0 atom stereocenters. The summed E-state index contributed by atoms with van der Waals surface area (Å²) in [7, 11) is 0. The number of aryl methyl sites for hydroxylation is 2. The van der Waals surface area contributed by atoms with Crippen LogP contribution < -0.4 is 0 Å². The van der Waals surface area contributed by atoms with Gasteiger partial charge in [-0.2, -0.15) is 0 Å². The van der Waals surface area contributed by atoms with Gasteiger partial charge in [0.15, 0.2) is 0 Å². The van der Waals surface area contributed by atoms with Crippen molar-refractivity contribution in [3.05, 3.63) is 41.5 Å². The van der Waals surface area contributed by atoms with Crippen LogP contribution in [-0.2, 0) is 30.9 Å². The average Bonchev–Trinajstić information content (AvgIpc) is 2.63. The molecule has 0 saturated carbocycles. The maximum Gasteiger partial charge on any atom is 0.330 e. The fraction of sp³-hybridized carbons (Fsp3) is 0.565. The molecule has 5 heteroatoms. The third-order valence-corrected chi connectivity index (χ3v) is 4.52. The number of carbonyl (C=O) groups excluding carboxylic acids is 2. The van der Waals surface area contributed by atoms with Crippen LogP contribution in [0, 0.1) is 6.92 Å². The minimum absolute atomic E-state index is 0.0548. The Hall–Kier alpha value is -2.30. The summed E-state index contributed by atoms with van der Waals surface area (Å²) in [6.45, 7) is 11.7. The molecule has 0 aromatic heterocycles. The molecule has 0 aliphatic rings. The molecular weight excluding hydrogens is 356 g/mol. The predicted octanol–water partition coefficient (Wildman–Crippen LogP) is 4.76. The Morgan fingerprint density at radius 1 is 1.07 bits per heavy atom. The molecule has 0 bridgehead atoms. The standard InChI is InChI=1S/C23H34O5/c1-6-20(24)27-13-14-28-21(25)12-10-8-7-9-11-18-15-17(2)22(26)19(16-18)23(3,4)5/h6,15-16,26H,1,7-14H2,2-5H3. The second-order valence-electron chi connectivity index (χ2n) is 8.07. The van der Waals surface area contributed by atoms with Gasteiger partial charge < -0.3 is 14.6 Å². The van der Waals surface area contributed by atoms with Crippen molar-refractivity contribution in [2.45, 2.75) is 71.6 Å². The number of esters is 2. The molecule has 1 aromatic carbocycles. The molecule has 0 radical (unpaired) electrons. The number of ether oxygens (including phenoxy) is 2. The molecule has 1 rings (SSSR count). The molecule has 0 saturated heterocycles. The van der Waals surface area contributed by atoms with E-state index in [2.05, 4.69) is 39.5 Å².